The summed E-state index contributed by atoms with van der Waals surface area (Å²) < 4.78 is 10.9. The predicted molar refractivity (Wildman–Crippen MR) is 93.7 cm³/mol. The fourth-order valence-corrected chi connectivity index (χ4v) is 3.91. The van der Waals surface area contributed by atoms with Crippen molar-refractivity contribution in [2.45, 2.75) is 25.8 Å². The summed E-state index contributed by atoms with van der Waals surface area (Å²) in [6.07, 6.45) is 3.53. The number of rotatable bonds is 4. The molecule has 2 aliphatic heterocycles. The average Bonchev–Trinajstić information content (AvgIpc) is 3.13. The van der Waals surface area contributed by atoms with E-state index in [1.807, 2.05) is 18.2 Å². The normalized spacial score (nSPS) is 18.9. The topological polar surface area (TPSA) is 45.9 Å². The minimum Gasteiger partial charge on any atom is -0.497 e. The monoisotopic (exact) mass is 328 g/mol. The predicted octanol–water partition coefficient (Wildman–Crippen LogP) is 2.26. The Morgan fingerprint density at radius 1 is 1.08 bits per heavy atom. The molecule has 24 heavy (non-hydrogen) atoms. The maximum atomic E-state index is 12.4. The lowest BCUT2D eigenvalue weighted by molar-refractivity contribution is 0.209. The van der Waals surface area contributed by atoms with Crippen LogP contribution in [0.5, 0.6) is 5.75 Å². The van der Waals surface area contributed by atoms with Crippen LogP contribution < -0.4 is 10.4 Å². The van der Waals surface area contributed by atoms with Crippen LogP contribution in [0.3, 0.4) is 0 Å². The van der Waals surface area contributed by atoms with E-state index in [4.69, 9.17) is 9.15 Å². The molecule has 0 N–H and O–H groups in total. The lowest BCUT2D eigenvalue weighted by atomic mass is 9.97. The molecule has 2 aliphatic rings. The van der Waals surface area contributed by atoms with E-state index in [2.05, 4.69) is 9.80 Å². The fraction of sp³-hybridized carbons (Fsp3) is 0.526. The van der Waals surface area contributed by atoms with Crippen LogP contribution in [0.25, 0.3) is 11.0 Å². The van der Waals surface area contributed by atoms with Crippen molar-refractivity contribution in [2.75, 3.05) is 39.8 Å². The van der Waals surface area contributed by atoms with E-state index in [1.165, 1.54) is 25.9 Å². The minimum atomic E-state index is -0.187. The third-order valence-electron chi connectivity index (χ3n) is 5.32. The second-order valence-corrected chi connectivity index (χ2v) is 6.78. The van der Waals surface area contributed by atoms with Crippen LogP contribution in [0, 0.1) is 0 Å². The Labute approximate surface area is 141 Å². The molecule has 1 saturated heterocycles. The Kier molecular flexibility index (Phi) is 4.29. The fourth-order valence-electron chi connectivity index (χ4n) is 3.91. The van der Waals surface area contributed by atoms with Gasteiger partial charge in [0.1, 0.15) is 11.3 Å². The van der Waals surface area contributed by atoms with Gasteiger partial charge in [0.05, 0.1) is 12.7 Å². The molecular formula is C19H24N2O3. The SMILES string of the molecule is COc1ccc2oc(=O)c3c(c2c1)CCN(CCN1CCCC1)C3. The first kappa shape index (κ1) is 15.7. The Bertz CT molecular complexity index is 793. The van der Waals surface area contributed by atoms with Gasteiger partial charge in [-0.25, -0.2) is 4.79 Å². The van der Waals surface area contributed by atoms with Gasteiger partial charge in [0.15, 0.2) is 0 Å². The highest BCUT2D eigenvalue weighted by atomic mass is 16.5. The quantitative estimate of drug-likeness (QED) is 0.806. The Morgan fingerprint density at radius 3 is 2.67 bits per heavy atom. The highest BCUT2D eigenvalue weighted by Crippen LogP contribution is 2.28. The first-order chi connectivity index (χ1) is 11.7. The maximum Gasteiger partial charge on any atom is 0.341 e. The summed E-state index contributed by atoms with van der Waals surface area (Å²) >= 11 is 0. The summed E-state index contributed by atoms with van der Waals surface area (Å²) in [5, 5.41) is 1.02. The number of likely N-dealkylation sites (tertiary alicyclic amines) is 1. The molecule has 0 unspecified atom stereocenters. The molecule has 5 heteroatoms. The van der Waals surface area contributed by atoms with Gasteiger partial charge in [0.25, 0.3) is 0 Å². The van der Waals surface area contributed by atoms with Gasteiger partial charge < -0.3 is 14.1 Å². The van der Waals surface area contributed by atoms with Gasteiger partial charge in [-0.05, 0) is 56.1 Å². The van der Waals surface area contributed by atoms with Gasteiger partial charge in [-0.1, -0.05) is 0 Å². The summed E-state index contributed by atoms with van der Waals surface area (Å²) in [5.74, 6) is 0.801. The molecule has 4 rings (SSSR count). The van der Waals surface area contributed by atoms with Gasteiger partial charge in [0, 0.05) is 31.6 Å². The molecule has 1 fully saturated rings. The molecular weight excluding hydrogens is 304 g/mol. The Hall–Kier alpha value is -1.85. The zero-order valence-electron chi connectivity index (χ0n) is 14.2. The second-order valence-electron chi connectivity index (χ2n) is 6.78. The zero-order valence-corrected chi connectivity index (χ0v) is 14.2. The van der Waals surface area contributed by atoms with Crippen molar-refractivity contribution in [3.63, 3.8) is 0 Å². The number of methoxy groups -OCH3 is 1. The van der Waals surface area contributed by atoms with Crippen molar-refractivity contribution in [1.29, 1.82) is 0 Å². The van der Waals surface area contributed by atoms with E-state index in [1.54, 1.807) is 7.11 Å². The molecule has 1 aromatic carbocycles. The van der Waals surface area contributed by atoms with E-state index >= 15 is 0 Å². The first-order valence-corrected chi connectivity index (χ1v) is 8.82. The van der Waals surface area contributed by atoms with Crippen molar-refractivity contribution < 1.29 is 9.15 Å². The van der Waals surface area contributed by atoms with Gasteiger partial charge in [0.2, 0.25) is 0 Å². The largest absolute Gasteiger partial charge is 0.497 e. The summed E-state index contributed by atoms with van der Waals surface area (Å²) in [6, 6.07) is 5.65. The van der Waals surface area contributed by atoms with E-state index in [-0.39, 0.29) is 5.63 Å². The van der Waals surface area contributed by atoms with Gasteiger partial charge in [-0.15, -0.1) is 0 Å². The van der Waals surface area contributed by atoms with Crippen LogP contribution >= 0.6 is 0 Å². The Balaban J connectivity index is 1.58. The number of ether oxygens (including phenoxy) is 1. The summed E-state index contributed by atoms with van der Waals surface area (Å²) in [4.78, 5) is 17.3. The van der Waals surface area contributed by atoms with Crippen LogP contribution in [-0.2, 0) is 13.0 Å². The zero-order chi connectivity index (χ0) is 16.5. The van der Waals surface area contributed by atoms with Crippen molar-refractivity contribution >= 4 is 11.0 Å². The van der Waals surface area contributed by atoms with E-state index in [0.717, 1.165) is 48.3 Å². The van der Waals surface area contributed by atoms with Gasteiger partial charge in [-0.3, -0.25) is 4.90 Å². The van der Waals surface area contributed by atoms with Crippen molar-refractivity contribution in [1.82, 2.24) is 9.80 Å². The van der Waals surface area contributed by atoms with Crippen molar-refractivity contribution in [3.05, 3.63) is 39.7 Å². The molecule has 0 saturated carbocycles. The molecule has 0 bridgehead atoms. The smallest absolute Gasteiger partial charge is 0.341 e. The van der Waals surface area contributed by atoms with Crippen molar-refractivity contribution in [2.24, 2.45) is 0 Å². The highest BCUT2D eigenvalue weighted by Gasteiger charge is 2.23. The number of fused-ring (bicyclic) bond motifs is 3. The first-order valence-electron chi connectivity index (χ1n) is 8.82. The summed E-state index contributed by atoms with van der Waals surface area (Å²) in [6.45, 7) is 6.25. The summed E-state index contributed by atoms with van der Waals surface area (Å²) in [7, 11) is 1.66. The van der Waals surface area contributed by atoms with Gasteiger partial charge in [-0.2, -0.15) is 0 Å². The van der Waals surface area contributed by atoms with Crippen LogP contribution in [-0.4, -0.2) is 49.6 Å². The molecule has 128 valence electrons. The minimum absolute atomic E-state index is 0.187. The average molecular weight is 328 g/mol. The molecule has 2 aromatic rings. The second kappa shape index (κ2) is 6.57. The van der Waals surface area contributed by atoms with E-state index < -0.39 is 0 Å². The third-order valence-corrected chi connectivity index (χ3v) is 5.32. The molecule has 0 amide bonds. The van der Waals surface area contributed by atoms with Crippen LogP contribution in [0.1, 0.15) is 24.0 Å². The number of hydrogen-bond acceptors (Lipinski definition) is 5. The van der Waals surface area contributed by atoms with Crippen LogP contribution in [0.4, 0.5) is 0 Å². The van der Waals surface area contributed by atoms with Crippen LogP contribution in [0.2, 0.25) is 0 Å². The lowest BCUT2D eigenvalue weighted by Gasteiger charge is -2.30. The molecule has 0 aliphatic carbocycles. The third kappa shape index (κ3) is 2.94. The maximum absolute atomic E-state index is 12.4. The highest BCUT2D eigenvalue weighted by molar-refractivity contribution is 5.83. The Morgan fingerprint density at radius 2 is 1.88 bits per heavy atom. The van der Waals surface area contributed by atoms with Crippen molar-refractivity contribution in [3.8, 4) is 5.75 Å². The summed E-state index contributed by atoms with van der Waals surface area (Å²) in [5.41, 5.74) is 2.43. The molecule has 5 nitrogen and oxygen atoms in total. The van der Waals surface area contributed by atoms with Crippen LogP contribution in [0.15, 0.2) is 27.4 Å². The standard InChI is InChI=1S/C19H24N2O3/c1-23-14-4-5-18-16(12-14)15-6-9-21(13-17(15)19(22)24-18)11-10-20-7-2-3-8-20/h4-5,12H,2-3,6-11,13H2,1H3. The van der Waals surface area contributed by atoms with Gasteiger partial charge >= 0.3 is 5.63 Å². The molecule has 0 radical (unpaired) electrons. The number of hydrogen-bond donors (Lipinski definition) is 0. The number of benzene rings is 1. The molecule has 1 aromatic heterocycles. The van der Waals surface area contributed by atoms with E-state index in [0.29, 0.717) is 12.1 Å². The molecule has 3 heterocycles. The number of nitrogens with zero attached hydrogens (tertiary/aromatic N) is 2. The lowest BCUT2D eigenvalue weighted by Crippen LogP contribution is -2.39. The van der Waals surface area contributed by atoms with E-state index in [9.17, 15) is 4.79 Å². The molecule has 0 atom stereocenters. The molecule has 0 spiro atoms.